The molecule has 0 amide bonds. The molecule has 4 heterocycles. The number of nitrogens with two attached hydrogens (primary N) is 1. The number of benzene rings is 2. The second-order valence-electron chi connectivity index (χ2n) is 9.47. The summed E-state index contributed by atoms with van der Waals surface area (Å²) in [5.41, 5.74) is 8.89. The van der Waals surface area contributed by atoms with Crippen molar-refractivity contribution in [3.8, 4) is 17.2 Å². The topological polar surface area (TPSA) is 101 Å². The lowest BCUT2D eigenvalue weighted by Gasteiger charge is -2.36. The number of aromatic nitrogens is 4. The summed E-state index contributed by atoms with van der Waals surface area (Å²) in [7, 11) is 1.70. The standard InChI is InChI=1S/C27H29BrN6O3S/c1-35-19-7-5-17(6-8-19)14-33-10-3-2-4-18(33)9-11-34-26-24(25(29)30-15-31-26)32-27(34)38-23-13-22-21(12-20(23)28)36-16-37-22/h5-8,12-13,15,18H,2-4,9-11,14,16H2,1H3,(H2,29,30,31). The van der Waals surface area contributed by atoms with Gasteiger partial charge in [0.15, 0.2) is 33.6 Å². The first-order valence-electron chi connectivity index (χ1n) is 12.7. The van der Waals surface area contributed by atoms with E-state index >= 15 is 0 Å². The van der Waals surface area contributed by atoms with Crippen LogP contribution >= 0.6 is 27.7 Å². The van der Waals surface area contributed by atoms with Crippen molar-refractivity contribution >= 4 is 44.7 Å². The maximum atomic E-state index is 6.20. The zero-order chi connectivity index (χ0) is 26.1. The van der Waals surface area contributed by atoms with Crippen molar-refractivity contribution in [1.82, 2.24) is 24.4 Å². The Morgan fingerprint density at radius 2 is 1.95 bits per heavy atom. The van der Waals surface area contributed by atoms with Crippen LogP contribution < -0.4 is 19.9 Å². The quantitative estimate of drug-likeness (QED) is 0.282. The number of likely N-dealkylation sites (tertiary alicyclic amines) is 1. The van der Waals surface area contributed by atoms with E-state index in [1.54, 1.807) is 18.9 Å². The molecule has 0 saturated carbocycles. The minimum Gasteiger partial charge on any atom is -0.497 e. The molecule has 2 aliphatic heterocycles. The number of hydrogen-bond donors (Lipinski definition) is 1. The van der Waals surface area contributed by atoms with Gasteiger partial charge in [-0.2, -0.15) is 0 Å². The van der Waals surface area contributed by atoms with Crippen LogP contribution in [-0.2, 0) is 13.1 Å². The van der Waals surface area contributed by atoms with E-state index in [4.69, 9.17) is 24.9 Å². The van der Waals surface area contributed by atoms with Crippen molar-refractivity contribution in [2.24, 2.45) is 0 Å². The van der Waals surface area contributed by atoms with Gasteiger partial charge < -0.3 is 24.5 Å². The number of nitrogen functional groups attached to an aromatic ring is 1. The van der Waals surface area contributed by atoms with Gasteiger partial charge in [0, 0.05) is 28.5 Å². The molecule has 1 saturated heterocycles. The fraction of sp³-hybridized carbons (Fsp3) is 0.370. The number of rotatable bonds is 8. The second-order valence-corrected chi connectivity index (χ2v) is 11.3. The summed E-state index contributed by atoms with van der Waals surface area (Å²) in [6.45, 7) is 3.04. The Hall–Kier alpha value is -3.02. The Morgan fingerprint density at radius 1 is 1.13 bits per heavy atom. The summed E-state index contributed by atoms with van der Waals surface area (Å²) >= 11 is 5.23. The Labute approximate surface area is 233 Å². The Balaban J connectivity index is 1.25. The molecular weight excluding hydrogens is 568 g/mol. The van der Waals surface area contributed by atoms with Crippen molar-refractivity contribution < 1.29 is 14.2 Å². The van der Waals surface area contributed by atoms with Gasteiger partial charge in [-0.3, -0.25) is 4.90 Å². The maximum absolute atomic E-state index is 6.20. The molecule has 6 rings (SSSR count). The zero-order valence-electron chi connectivity index (χ0n) is 21.1. The smallest absolute Gasteiger partial charge is 0.231 e. The van der Waals surface area contributed by atoms with Crippen LogP contribution in [0, 0.1) is 0 Å². The van der Waals surface area contributed by atoms with Crippen molar-refractivity contribution in [2.75, 3.05) is 26.2 Å². The van der Waals surface area contributed by atoms with E-state index < -0.39 is 0 Å². The number of halogens is 1. The molecule has 2 N–H and O–H groups in total. The number of aryl methyl sites for hydroxylation is 1. The molecule has 0 spiro atoms. The summed E-state index contributed by atoms with van der Waals surface area (Å²) in [6.07, 6.45) is 6.15. The Morgan fingerprint density at radius 3 is 2.76 bits per heavy atom. The lowest BCUT2D eigenvalue weighted by Crippen LogP contribution is -2.39. The lowest BCUT2D eigenvalue weighted by atomic mass is 9.98. The summed E-state index contributed by atoms with van der Waals surface area (Å²) in [6, 6.07) is 12.8. The van der Waals surface area contributed by atoms with Crippen LogP contribution in [0.1, 0.15) is 31.2 Å². The number of anilines is 1. The summed E-state index contributed by atoms with van der Waals surface area (Å²) < 4.78 is 19.5. The first kappa shape index (κ1) is 25.3. The molecule has 2 aliphatic rings. The zero-order valence-corrected chi connectivity index (χ0v) is 23.5. The third-order valence-electron chi connectivity index (χ3n) is 7.13. The monoisotopic (exact) mass is 596 g/mol. The molecule has 9 nitrogen and oxygen atoms in total. The average molecular weight is 598 g/mol. The molecule has 11 heteroatoms. The maximum Gasteiger partial charge on any atom is 0.231 e. The molecule has 0 bridgehead atoms. The van der Waals surface area contributed by atoms with Crippen molar-refractivity contribution in [1.29, 1.82) is 0 Å². The number of ether oxygens (including phenoxy) is 3. The highest BCUT2D eigenvalue weighted by Crippen LogP contribution is 2.43. The third-order valence-corrected chi connectivity index (χ3v) is 9.10. The molecule has 0 radical (unpaired) electrons. The number of imidazole rings is 1. The van der Waals surface area contributed by atoms with Gasteiger partial charge in [0.1, 0.15) is 12.1 Å². The molecule has 38 heavy (non-hydrogen) atoms. The first-order chi connectivity index (χ1) is 18.6. The summed E-state index contributed by atoms with van der Waals surface area (Å²) in [5.74, 6) is 2.74. The molecule has 1 atom stereocenters. The van der Waals surface area contributed by atoms with Crippen molar-refractivity contribution in [3.05, 3.63) is 52.8 Å². The van der Waals surface area contributed by atoms with E-state index in [0.29, 0.717) is 17.4 Å². The summed E-state index contributed by atoms with van der Waals surface area (Å²) in [5, 5.41) is 0.823. The number of piperidine rings is 1. The van der Waals surface area contributed by atoms with E-state index in [9.17, 15) is 0 Å². The molecule has 4 aromatic rings. The van der Waals surface area contributed by atoms with Gasteiger partial charge >= 0.3 is 0 Å². The van der Waals surface area contributed by atoms with Crippen LogP contribution in [0.25, 0.3) is 11.2 Å². The van der Waals surface area contributed by atoms with Crippen LogP contribution in [0.2, 0.25) is 0 Å². The minimum absolute atomic E-state index is 0.231. The van der Waals surface area contributed by atoms with E-state index in [0.717, 1.165) is 63.5 Å². The van der Waals surface area contributed by atoms with Gasteiger partial charge in [-0.15, -0.1) is 0 Å². The molecular formula is C27H29BrN6O3S. The number of methoxy groups -OCH3 is 1. The number of nitrogens with zero attached hydrogens (tertiary/aromatic N) is 5. The van der Waals surface area contributed by atoms with Crippen LogP contribution in [0.4, 0.5) is 5.82 Å². The Kier molecular flexibility index (Phi) is 7.31. The van der Waals surface area contributed by atoms with Gasteiger partial charge in [-0.05, 0) is 71.6 Å². The van der Waals surface area contributed by atoms with E-state index in [1.165, 1.54) is 31.2 Å². The SMILES string of the molecule is COc1ccc(CN2CCCCC2CCn2c(Sc3cc4c(cc3Br)OCO4)nc3c(N)ncnc32)cc1. The normalized spacial score (nSPS) is 17.3. The lowest BCUT2D eigenvalue weighted by molar-refractivity contribution is 0.128. The number of fused-ring (bicyclic) bond motifs is 2. The second kappa shape index (κ2) is 11.0. The summed E-state index contributed by atoms with van der Waals surface area (Å²) in [4.78, 5) is 17.2. The first-order valence-corrected chi connectivity index (χ1v) is 14.3. The number of hydrogen-bond acceptors (Lipinski definition) is 9. The van der Waals surface area contributed by atoms with E-state index in [-0.39, 0.29) is 6.79 Å². The molecule has 0 aliphatic carbocycles. The molecule has 198 valence electrons. The predicted molar refractivity (Wildman–Crippen MR) is 150 cm³/mol. The van der Waals surface area contributed by atoms with Gasteiger partial charge in [0.2, 0.25) is 6.79 Å². The highest BCUT2D eigenvalue weighted by molar-refractivity contribution is 9.10. The van der Waals surface area contributed by atoms with Crippen LogP contribution in [0.15, 0.2) is 57.3 Å². The molecule has 2 aromatic heterocycles. The fourth-order valence-corrected chi connectivity index (χ4v) is 6.64. The minimum atomic E-state index is 0.231. The van der Waals surface area contributed by atoms with Crippen LogP contribution in [-0.4, -0.2) is 50.9 Å². The van der Waals surface area contributed by atoms with E-state index in [2.05, 4.69) is 47.5 Å². The van der Waals surface area contributed by atoms with Gasteiger partial charge in [0.05, 0.1) is 7.11 Å². The van der Waals surface area contributed by atoms with Crippen LogP contribution in [0.5, 0.6) is 17.2 Å². The highest BCUT2D eigenvalue weighted by atomic mass is 79.9. The predicted octanol–water partition coefficient (Wildman–Crippen LogP) is 5.50. The molecule has 1 unspecified atom stereocenters. The average Bonchev–Trinajstić information content (AvgIpc) is 3.53. The molecule has 1 fully saturated rings. The van der Waals surface area contributed by atoms with Gasteiger partial charge in [0.25, 0.3) is 0 Å². The third kappa shape index (κ3) is 5.14. The van der Waals surface area contributed by atoms with E-state index in [1.807, 2.05) is 24.3 Å². The van der Waals surface area contributed by atoms with Gasteiger partial charge in [-0.25, -0.2) is 15.0 Å². The van der Waals surface area contributed by atoms with Crippen molar-refractivity contribution in [2.45, 2.75) is 54.9 Å². The largest absolute Gasteiger partial charge is 0.497 e. The Bertz CT molecular complexity index is 1450. The van der Waals surface area contributed by atoms with Crippen LogP contribution in [0.3, 0.4) is 0 Å². The highest BCUT2D eigenvalue weighted by Gasteiger charge is 2.25. The molecule has 2 aromatic carbocycles. The fourth-order valence-electron chi connectivity index (χ4n) is 5.13. The van der Waals surface area contributed by atoms with Gasteiger partial charge in [-0.1, -0.05) is 30.3 Å². The van der Waals surface area contributed by atoms with Crippen molar-refractivity contribution in [3.63, 3.8) is 0 Å².